The zero-order valence-electron chi connectivity index (χ0n) is 13.8. The van der Waals surface area contributed by atoms with Crippen LogP contribution in [-0.4, -0.2) is 32.0 Å². The first kappa shape index (κ1) is 18.7. The third kappa shape index (κ3) is 3.89. The molecule has 0 saturated heterocycles. The van der Waals surface area contributed by atoms with Gasteiger partial charge in [0.1, 0.15) is 18.2 Å². The molecule has 0 spiro atoms. The molecule has 134 valence electrons. The van der Waals surface area contributed by atoms with E-state index in [0.717, 1.165) is 0 Å². The van der Waals surface area contributed by atoms with Crippen molar-refractivity contribution in [2.45, 2.75) is 32.7 Å². The topological polar surface area (TPSA) is 140 Å². The van der Waals surface area contributed by atoms with Crippen molar-refractivity contribution in [2.75, 3.05) is 0 Å². The number of hydrazine groups is 1. The number of fused-ring (bicyclic) bond motifs is 1. The van der Waals surface area contributed by atoms with Gasteiger partial charge in [-0.2, -0.15) is 5.10 Å². The van der Waals surface area contributed by atoms with Crippen LogP contribution in [0.15, 0.2) is 32.8 Å². The second-order valence-electron chi connectivity index (χ2n) is 5.56. The van der Waals surface area contributed by atoms with Gasteiger partial charge >= 0.3 is 5.97 Å². The van der Waals surface area contributed by atoms with E-state index in [4.69, 9.17) is 23.3 Å². The molecule has 1 atom stereocenters. The summed E-state index contributed by atoms with van der Waals surface area (Å²) in [5, 5.41) is 14.2. The summed E-state index contributed by atoms with van der Waals surface area (Å²) in [5.41, 5.74) is 0.931. The zero-order valence-corrected chi connectivity index (χ0v) is 14.6. The molecule has 0 saturated carbocycles. The van der Waals surface area contributed by atoms with E-state index in [1.165, 1.54) is 22.0 Å². The van der Waals surface area contributed by atoms with Gasteiger partial charge in [0.25, 0.3) is 5.56 Å². The molecule has 1 aliphatic heterocycles. The first-order valence-electron chi connectivity index (χ1n) is 7.44. The lowest BCUT2D eigenvalue weighted by molar-refractivity contribution is -0.140. The molecule has 1 aromatic heterocycles. The molecule has 1 aromatic rings. The number of nitrogens with zero attached hydrogens (tertiary/aromatic N) is 4. The Morgan fingerprint density at radius 3 is 2.80 bits per heavy atom. The fraction of sp³-hybridized carbons (Fsp3) is 0.333. The van der Waals surface area contributed by atoms with Crippen molar-refractivity contribution < 1.29 is 9.90 Å². The second-order valence-corrected chi connectivity index (χ2v) is 6.16. The first-order valence-corrected chi connectivity index (χ1v) is 7.81. The Balaban J connectivity index is 2.64. The van der Waals surface area contributed by atoms with Crippen molar-refractivity contribution >= 4 is 29.5 Å². The Morgan fingerprint density at radius 2 is 2.24 bits per heavy atom. The number of allylic oxidation sites excluding steroid dienone is 4. The number of aliphatic carboxylic acids is 1. The normalized spacial score (nSPS) is 18.2. The molecule has 25 heavy (non-hydrogen) atoms. The highest BCUT2D eigenvalue weighted by atomic mass is 35.5. The van der Waals surface area contributed by atoms with Gasteiger partial charge in [-0.05, 0) is 26.3 Å². The van der Waals surface area contributed by atoms with Gasteiger partial charge in [-0.15, -0.1) is 0 Å². The SMILES string of the molecule is C/C(=C(\C=C(/C)Cl)c1cc(=O)n2c(n1)CCC2C(=O)O)N(N)/C=N\N. The molecule has 1 unspecified atom stereocenters. The van der Waals surface area contributed by atoms with E-state index in [2.05, 4.69) is 10.1 Å². The molecule has 0 radical (unpaired) electrons. The highest BCUT2D eigenvalue weighted by Crippen LogP contribution is 2.26. The predicted octanol–water partition coefficient (Wildman–Crippen LogP) is 0.766. The van der Waals surface area contributed by atoms with Crippen molar-refractivity contribution in [1.29, 1.82) is 0 Å². The summed E-state index contributed by atoms with van der Waals surface area (Å²) >= 11 is 5.99. The lowest BCUT2D eigenvalue weighted by Gasteiger charge is -2.17. The van der Waals surface area contributed by atoms with Crippen LogP contribution in [0.1, 0.15) is 37.8 Å². The van der Waals surface area contributed by atoms with Gasteiger partial charge in [-0.25, -0.2) is 15.6 Å². The number of carboxylic acids is 1. The second kappa shape index (κ2) is 7.49. The third-order valence-electron chi connectivity index (χ3n) is 3.85. The van der Waals surface area contributed by atoms with E-state index in [9.17, 15) is 14.7 Å². The highest BCUT2D eigenvalue weighted by Gasteiger charge is 2.30. The maximum absolute atomic E-state index is 12.4. The van der Waals surface area contributed by atoms with Gasteiger partial charge in [-0.3, -0.25) is 14.4 Å². The molecule has 1 aliphatic rings. The molecular weight excluding hydrogens is 348 g/mol. The van der Waals surface area contributed by atoms with Crippen LogP contribution in [0.4, 0.5) is 0 Å². The van der Waals surface area contributed by atoms with Gasteiger partial charge in [0.05, 0.1) is 5.69 Å². The Kier molecular flexibility index (Phi) is 5.60. The molecule has 10 heteroatoms. The Morgan fingerprint density at radius 1 is 1.56 bits per heavy atom. The number of carboxylic acid groups (broad SMARTS) is 1. The Labute approximate surface area is 148 Å². The fourth-order valence-electron chi connectivity index (χ4n) is 2.68. The summed E-state index contributed by atoms with van der Waals surface area (Å²) in [7, 11) is 0. The van der Waals surface area contributed by atoms with Crippen LogP contribution in [0.5, 0.6) is 0 Å². The van der Waals surface area contributed by atoms with Crippen LogP contribution in [0.25, 0.3) is 5.57 Å². The molecule has 0 fully saturated rings. The average Bonchev–Trinajstić information content (AvgIpc) is 2.96. The number of hydrogen-bond donors (Lipinski definition) is 3. The largest absolute Gasteiger partial charge is 0.480 e. The summed E-state index contributed by atoms with van der Waals surface area (Å²) < 4.78 is 1.21. The minimum Gasteiger partial charge on any atom is -0.480 e. The van der Waals surface area contributed by atoms with Crippen molar-refractivity contribution in [2.24, 2.45) is 16.8 Å². The standard InChI is InChI=1S/C15H19ClN6O3/c1-8(16)5-10(9(2)21(18)7-19-17)11-6-14(23)22-12(15(24)25)3-4-13(22)20-11/h5-7,12H,3-4,17-18H2,1-2H3,(H,24,25)/b8-5+,10-9-,19-7-. The van der Waals surface area contributed by atoms with Crippen LogP contribution in [0.2, 0.25) is 0 Å². The monoisotopic (exact) mass is 366 g/mol. The number of hydrogen-bond acceptors (Lipinski definition) is 6. The summed E-state index contributed by atoms with van der Waals surface area (Å²) in [6.45, 7) is 3.37. The van der Waals surface area contributed by atoms with Gasteiger partial charge in [0.2, 0.25) is 0 Å². The molecule has 0 amide bonds. The lowest BCUT2D eigenvalue weighted by atomic mass is 10.1. The van der Waals surface area contributed by atoms with Crippen molar-refractivity contribution in [3.63, 3.8) is 0 Å². The number of aromatic nitrogens is 2. The van der Waals surface area contributed by atoms with E-state index in [-0.39, 0.29) is 0 Å². The summed E-state index contributed by atoms with van der Waals surface area (Å²) in [6.07, 6.45) is 3.54. The smallest absolute Gasteiger partial charge is 0.326 e. The number of aryl methyl sites for hydroxylation is 1. The van der Waals surface area contributed by atoms with Crippen LogP contribution < -0.4 is 17.2 Å². The van der Waals surface area contributed by atoms with Crippen LogP contribution in [0, 0.1) is 0 Å². The highest BCUT2D eigenvalue weighted by molar-refractivity contribution is 6.29. The third-order valence-corrected chi connectivity index (χ3v) is 3.96. The van der Waals surface area contributed by atoms with Gasteiger partial charge in [0.15, 0.2) is 0 Å². The minimum absolute atomic E-state index is 0.326. The molecule has 2 heterocycles. The molecule has 2 rings (SSSR count). The maximum Gasteiger partial charge on any atom is 0.326 e. The molecule has 5 N–H and O–H groups in total. The molecule has 9 nitrogen and oxygen atoms in total. The molecule has 0 bridgehead atoms. The van der Waals surface area contributed by atoms with Gasteiger partial charge < -0.3 is 10.9 Å². The fourth-order valence-corrected chi connectivity index (χ4v) is 2.78. The number of carbonyl (C=O) groups is 1. The van der Waals surface area contributed by atoms with E-state index in [0.29, 0.717) is 40.7 Å². The summed E-state index contributed by atoms with van der Waals surface area (Å²) in [4.78, 5) is 28.2. The number of halogens is 1. The van der Waals surface area contributed by atoms with E-state index < -0.39 is 17.6 Å². The summed E-state index contributed by atoms with van der Waals surface area (Å²) in [5.74, 6) is 10.3. The maximum atomic E-state index is 12.4. The number of hydrazone groups is 1. The van der Waals surface area contributed by atoms with Crippen molar-refractivity contribution in [1.82, 2.24) is 14.6 Å². The van der Waals surface area contributed by atoms with Crippen LogP contribution in [-0.2, 0) is 11.2 Å². The Bertz CT molecular complexity index is 838. The molecule has 0 aromatic carbocycles. The molecular formula is C15H19ClN6O3. The number of rotatable bonds is 5. The van der Waals surface area contributed by atoms with Gasteiger partial charge in [-0.1, -0.05) is 11.6 Å². The van der Waals surface area contributed by atoms with Crippen molar-refractivity contribution in [3.8, 4) is 0 Å². The lowest BCUT2D eigenvalue weighted by Crippen LogP contribution is -2.30. The minimum atomic E-state index is -1.05. The predicted molar refractivity (Wildman–Crippen MR) is 94.4 cm³/mol. The van der Waals surface area contributed by atoms with Crippen molar-refractivity contribution in [3.05, 3.63) is 44.7 Å². The molecule has 0 aliphatic carbocycles. The van der Waals surface area contributed by atoms with Crippen LogP contribution >= 0.6 is 11.6 Å². The van der Waals surface area contributed by atoms with Gasteiger partial charge in [0, 0.05) is 28.8 Å². The average molecular weight is 367 g/mol. The van der Waals surface area contributed by atoms with E-state index >= 15 is 0 Å². The quantitative estimate of drug-likeness (QED) is 0.230. The zero-order chi connectivity index (χ0) is 18.7. The summed E-state index contributed by atoms with van der Waals surface area (Å²) in [6, 6.07) is 0.381. The van der Waals surface area contributed by atoms with Crippen LogP contribution in [0.3, 0.4) is 0 Å². The number of nitrogens with two attached hydrogens (primary N) is 2. The first-order chi connectivity index (χ1) is 11.8. The van der Waals surface area contributed by atoms with E-state index in [1.54, 1.807) is 19.9 Å². The van der Waals surface area contributed by atoms with E-state index in [1.807, 2.05) is 0 Å². The Hall–Kier alpha value is -2.65.